The van der Waals surface area contributed by atoms with Crippen LogP contribution in [-0.2, 0) is 4.74 Å². The Bertz CT molecular complexity index is 518. The van der Waals surface area contributed by atoms with Gasteiger partial charge in [0.05, 0.1) is 18.3 Å². The van der Waals surface area contributed by atoms with Crippen LogP contribution in [0.2, 0.25) is 0 Å². The Kier molecular flexibility index (Phi) is 4.26. The summed E-state index contributed by atoms with van der Waals surface area (Å²) in [5.41, 5.74) is 0.567. The molecular formula is C15H20N2O4. The number of fused-ring (bicyclic) bond motifs is 1. The summed E-state index contributed by atoms with van der Waals surface area (Å²) in [7, 11) is 1.88. The number of morpholine rings is 1. The molecule has 2 heterocycles. The molecule has 0 spiro atoms. The minimum Gasteiger partial charge on any atom is -0.486 e. The van der Waals surface area contributed by atoms with Crippen LogP contribution in [0.4, 0.5) is 0 Å². The topological polar surface area (TPSA) is 60.0 Å². The molecule has 0 aliphatic carbocycles. The number of rotatable bonds is 3. The number of para-hydroxylation sites is 1. The van der Waals surface area contributed by atoms with Crippen LogP contribution in [0, 0.1) is 0 Å². The first-order valence-electron chi connectivity index (χ1n) is 7.23. The SMILES string of the molecule is CNCC1CN(C(=O)c2cccc3c2OCCO3)CCO1. The van der Waals surface area contributed by atoms with Crippen molar-refractivity contribution in [2.24, 2.45) is 0 Å². The van der Waals surface area contributed by atoms with Crippen molar-refractivity contribution in [3.8, 4) is 11.5 Å². The van der Waals surface area contributed by atoms with Crippen molar-refractivity contribution in [1.82, 2.24) is 10.2 Å². The maximum atomic E-state index is 12.7. The van der Waals surface area contributed by atoms with Gasteiger partial charge in [-0.05, 0) is 19.2 Å². The summed E-state index contributed by atoms with van der Waals surface area (Å²) in [5.74, 6) is 1.18. The van der Waals surface area contributed by atoms with Gasteiger partial charge >= 0.3 is 0 Å². The molecule has 6 heteroatoms. The highest BCUT2D eigenvalue weighted by molar-refractivity contribution is 5.98. The number of ether oxygens (including phenoxy) is 3. The first kappa shape index (κ1) is 14.2. The maximum Gasteiger partial charge on any atom is 0.257 e. The van der Waals surface area contributed by atoms with Crippen LogP contribution < -0.4 is 14.8 Å². The molecule has 2 aliphatic heterocycles. The third-order valence-electron chi connectivity index (χ3n) is 3.65. The van der Waals surface area contributed by atoms with Gasteiger partial charge in [-0.25, -0.2) is 0 Å². The van der Waals surface area contributed by atoms with E-state index in [1.165, 1.54) is 0 Å². The number of benzene rings is 1. The van der Waals surface area contributed by atoms with Crippen LogP contribution in [0.15, 0.2) is 18.2 Å². The van der Waals surface area contributed by atoms with Crippen LogP contribution in [0.25, 0.3) is 0 Å². The molecule has 0 radical (unpaired) electrons. The lowest BCUT2D eigenvalue weighted by atomic mass is 10.1. The molecule has 2 aliphatic rings. The average Bonchev–Trinajstić information content (AvgIpc) is 2.54. The molecule has 6 nitrogen and oxygen atoms in total. The molecule has 3 rings (SSSR count). The van der Waals surface area contributed by atoms with E-state index in [2.05, 4.69) is 5.32 Å². The molecule has 1 atom stereocenters. The van der Waals surface area contributed by atoms with Gasteiger partial charge in [-0.1, -0.05) is 6.07 Å². The fourth-order valence-electron chi connectivity index (χ4n) is 2.67. The highest BCUT2D eigenvalue weighted by Crippen LogP contribution is 2.34. The molecule has 1 fully saturated rings. The molecule has 0 aromatic heterocycles. The van der Waals surface area contributed by atoms with E-state index < -0.39 is 0 Å². The Morgan fingerprint density at radius 3 is 3.05 bits per heavy atom. The van der Waals surface area contributed by atoms with Crippen molar-refractivity contribution in [1.29, 1.82) is 0 Å². The van der Waals surface area contributed by atoms with E-state index in [9.17, 15) is 4.79 Å². The molecule has 1 saturated heterocycles. The van der Waals surface area contributed by atoms with E-state index >= 15 is 0 Å². The van der Waals surface area contributed by atoms with Gasteiger partial charge < -0.3 is 24.4 Å². The van der Waals surface area contributed by atoms with E-state index in [1.807, 2.05) is 24.1 Å². The number of hydrogen-bond acceptors (Lipinski definition) is 5. The molecule has 0 bridgehead atoms. The molecule has 114 valence electrons. The summed E-state index contributed by atoms with van der Waals surface area (Å²) in [6.07, 6.45) is 0.0319. The fraction of sp³-hybridized carbons (Fsp3) is 0.533. The lowest BCUT2D eigenvalue weighted by Crippen LogP contribution is -2.48. The second-order valence-electron chi connectivity index (χ2n) is 5.13. The fourth-order valence-corrected chi connectivity index (χ4v) is 2.67. The van der Waals surface area contributed by atoms with Gasteiger partial charge in [0, 0.05) is 19.6 Å². The molecule has 1 amide bonds. The van der Waals surface area contributed by atoms with Crippen molar-refractivity contribution in [3.63, 3.8) is 0 Å². The van der Waals surface area contributed by atoms with E-state index in [-0.39, 0.29) is 12.0 Å². The largest absolute Gasteiger partial charge is 0.486 e. The standard InChI is InChI=1S/C15H20N2O4/c1-16-9-11-10-17(5-6-19-11)15(18)12-3-2-4-13-14(12)21-8-7-20-13/h2-4,11,16H,5-10H2,1H3. The lowest BCUT2D eigenvalue weighted by Gasteiger charge is -2.33. The monoisotopic (exact) mass is 292 g/mol. The number of carbonyl (C=O) groups is 1. The second-order valence-corrected chi connectivity index (χ2v) is 5.13. The Morgan fingerprint density at radius 2 is 2.19 bits per heavy atom. The molecular weight excluding hydrogens is 272 g/mol. The Hall–Kier alpha value is -1.79. The maximum absolute atomic E-state index is 12.7. The van der Waals surface area contributed by atoms with Crippen molar-refractivity contribution in [3.05, 3.63) is 23.8 Å². The first-order valence-corrected chi connectivity index (χ1v) is 7.23. The Balaban J connectivity index is 1.79. The molecule has 1 unspecified atom stereocenters. The summed E-state index contributed by atoms with van der Waals surface area (Å²) in [4.78, 5) is 14.6. The zero-order valence-electron chi connectivity index (χ0n) is 12.1. The molecule has 1 aromatic rings. The van der Waals surface area contributed by atoms with Gasteiger partial charge in [0.15, 0.2) is 11.5 Å². The second kappa shape index (κ2) is 6.32. The van der Waals surface area contributed by atoms with Crippen molar-refractivity contribution < 1.29 is 19.0 Å². The number of hydrogen-bond donors (Lipinski definition) is 1. The van der Waals surface area contributed by atoms with E-state index in [4.69, 9.17) is 14.2 Å². The first-order chi connectivity index (χ1) is 10.3. The molecule has 21 heavy (non-hydrogen) atoms. The summed E-state index contributed by atoms with van der Waals surface area (Å²) >= 11 is 0. The van der Waals surface area contributed by atoms with Gasteiger partial charge in [0.25, 0.3) is 5.91 Å². The Labute approximate surface area is 124 Å². The Morgan fingerprint density at radius 1 is 1.33 bits per heavy atom. The number of carbonyl (C=O) groups excluding carboxylic acids is 1. The summed E-state index contributed by atoms with van der Waals surface area (Å²) in [6, 6.07) is 5.44. The smallest absolute Gasteiger partial charge is 0.257 e. The highest BCUT2D eigenvalue weighted by atomic mass is 16.6. The van der Waals surface area contributed by atoms with Gasteiger partial charge in [-0.3, -0.25) is 4.79 Å². The van der Waals surface area contributed by atoms with Gasteiger partial charge in [-0.2, -0.15) is 0 Å². The number of nitrogens with zero attached hydrogens (tertiary/aromatic N) is 1. The molecule has 1 N–H and O–H groups in total. The van der Waals surface area contributed by atoms with Crippen LogP contribution in [0.5, 0.6) is 11.5 Å². The van der Waals surface area contributed by atoms with E-state index in [0.29, 0.717) is 50.0 Å². The van der Waals surface area contributed by atoms with Crippen LogP contribution in [0.1, 0.15) is 10.4 Å². The predicted molar refractivity (Wildman–Crippen MR) is 77.0 cm³/mol. The highest BCUT2D eigenvalue weighted by Gasteiger charge is 2.28. The number of amides is 1. The summed E-state index contributed by atoms with van der Waals surface area (Å²) < 4.78 is 16.8. The van der Waals surface area contributed by atoms with Crippen molar-refractivity contribution >= 4 is 5.91 Å². The van der Waals surface area contributed by atoms with Gasteiger partial charge in [-0.15, -0.1) is 0 Å². The number of likely N-dealkylation sites (N-methyl/N-ethyl adjacent to an activating group) is 1. The van der Waals surface area contributed by atoms with Crippen molar-refractivity contribution in [2.45, 2.75) is 6.10 Å². The average molecular weight is 292 g/mol. The third kappa shape index (κ3) is 2.96. The normalized spacial score (nSPS) is 21.2. The van der Waals surface area contributed by atoms with Gasteiger partial charge in [0.2, 0.25) is 0 Å². The molecule has 0 saturated carbocycles. The van der Waals surface area contributed by atoms with E-state index in [1.54, 1.807) is 6.07 Å². The summed E-state index contributed by atoms with van der Waals surface area (Å²) in [5, 5.41) is 3.08. The zero-order valence-corrected chi connectivity index (χ0v) is 12.1. The minimum absolute atomic E-state index is 0.0262. The van der Waals surface area contributed by atoms with E-state index in [0.717, 1.165) is 6.54 Å². The van der Waals surface area contributed by atoms with Crippen LogP contribution >= 0.6 is 0 Å². The third-order valence-corrected chi connectivity index (χ3v) is 3.65. The quantitative estimate of drug-likeness (QED) is 0.880. The van der Waals surface area contributed by atoms with Crippen molar-refractivity contribution in [2.75, 3.05) is 46.5 Å². The predicted octanol–water partition coefficient (Wildman–Crippen LogP) is 0.518. The zero-order chi connectivity index (χ0) is 14.7. The lowest BCUT2D eigenvalue weighted by molar-refractivity contribution is -0.0198. The molecule has 1 aromatic carbocycles. The van der Waals surface area contributed by atoms with Crippen LogP contribution in [-0.4, -0.2) is 63.4 Å². The van der Waals surface area contributed by atoms with Gasteiger partial charge in [0.1, 0.15) is 13.2 Å². The van der Waals surface area contributed by atoms with Crippen LogP contribution in [0.3, 0.4) is 0 Å². The number of nitrogens with one attached hydrogen (secondary N) is 1. The summed E-state index contributed by atoms with van der Waals surface area (Å²) in [6.45, 7) is 3.48. The minimum atomic E-state index is -0.0262.